The molecule has 17 heavy (non-hydrogen) atoms. The first-order valence-electron chi connectivity index (χ1n) is 5.86. The minimum absolute atomic E-state index is 0.0164. The van der Waals surface area contributed by atoms with Crippen molar-refractivity contribution in [1.29, 1.82) is 0 Å². The van der Waals surface area contributed by atoms with Crippen LogP contribution in [0.25, 0.3) is 0 Å². The SMILES string of the molecule is NCC#Cc1ccc(C(=O)NCC2CCC2)s1. The summed E-state index contributed by atoms with van der Waals surface area (Å²) in [6, 6.07) is 3.69. The van der Waals surface area contributed by atoms with Gasteiger partial charge in [-0.2, -0.15) is 0 Å². The van der Waals surface area contributed by atoms with Crippen molar-refractivity contribution < 1.29 is 4.79 Å². The Hall–Kier alpha value is -1.31. The number of carbonyl (C=O) groups is 1. The summed E-state index contributed by atoms with van der Waals surface area (Å²) in [5.41, 5.74) is 5.30. The van der Waals surface area contributed by atoms with Gasteiger partial charge >= 0.3 is 0 Å². The lowest BCUT2D eigenvalue weighted by atomic mass is 9.85. The van der Waals surface area contributed by atoms with Gasteiger partial charge < -0.3 is 11.1 Å². The lowest BCUT2D eigenvalue weighted by Gasteiger charge is -2.25. The van der Waals surface area contributed by atoms with Crippen molar-refractivity contribution in [1.82, 2.24) is 5.32 Å². The lowest BCUT2D eigenvalue weighted by molar-refractivity contribution is 0.0943. The summed E-state index contributed by atoms with van der Waals surface area (Å²) >= 11 is 1.42. The number of nitrogens with one attached hydrogen (secondary N) is 1. The van der Waals surface area contributed by atoms with Crippen LogP contribution in [0.3, 0.4) is 0 Å². The van der Waals surface area contributed by atoms with Crippen LogP contribution < -0.4 is 11.1 Å². The number of hydrogen-bond donors (Lipinski definition) is 2. The topological polar surface area (TPSA) is 55.1 Å². The smallest absolute Gasteiger partial charge is 0.261 e. The lowest BCUT2D eigenvalue weighted by Crippen LogP contribution is -2.31. The molecule has 0 radical (unpaired) electrons. The summed E-state index contributed by atoms with van der Waals surface area (Å²) < 4.78 is 0. The number of carbonyl (C=O) groups excluding carboxylic acids is 1. The maximum Gasteiger partial charge on any atom is 0.261 e. The monoisotopic (exact) mass is 248 g/mol. The van der Waals surface area contributed by atoms with Gasteiger partial charge in [0, 0.05) is 6.54 Å². The second-order valence-corrected chi connectivity index (χ2v) is 5.26. The first-order chi connectivity index (χ1) is 8.29. The van der Waals surface area contributed by atoms with Crippen LogP contribution in [0, 0.1) is 17.8 Å². The molecule has 0 saturated heterocycles. The molecule has 1 aromatic heterocycles. The van der Waals surface area contributed by atoms with Gasteiger partial charge in [0.2, 0.25) is 0 Å². The Morgan fingerprint density at radius 2 is 2.35 bits per heavy atom. The molecule has 0 atom stereocenters. The minimum Gasteiger partial charge on any atom is -0.351 e. The Labute approximate surface area is 105 Å². The number of rotatable bonds is 3. The molecule has 1 aliphatic carbocycles. The molecule has 1 aliphatic rings. The fourth-order valence-corrected chi connectivity index (χ4v) is 2.48. The Balaban J connectivity index is 1.87. The Bertz CT molecular complexity index is 451. The molecule has 0 aliphatic heterocycles. The van der Waals surface area contributed by atoms with Crippen LogP contribution in [0.1, 0.15) is 33.8 Å². The molecule has 1 fully saturated rings. The van der Waals surface area contributed by atoms with E-state index in [1.54, 1.807) is 0 Å². The van der Waals surface area contributed by atoms with Crippen LogP contribution in [0.2, 0.25) is 0 Å². The second kappa shape index (κ2) is 5.85. The van der Waals surface area contributed by atoms with Gasteiger partial charge in [-0.15, -0.1) is 11.3 Å². The Morgan fingerprint density at radius 3 is 3.00 bits per heavy atom. The van der Waals surface area contributed by atoms with Crippen molar-refractivity contribution in [3.05, 3.63) is 21.9 Å². The fourth-order valence-electron chi connectivity index (χ4n) is 1.69. The van der Waals surface area contributed by atoms with E-state index in [4.69, 9.17) is 5.73 Å². The summed E-state index contributed by atoms with van der Waals surface area (Å²) in [5, 5.41) is 2.97. The maximum atomic E-state index is 11.8. The van der Waals surface area contributed by atoms with E-state index in [0.717, 1.165) is 16.3 Å². The van der Waals surface area contributed by atoms with Gasteiger partial charge in [0.1, 0.15) is 0 Å². The molecular formula is C13H16N2OS. The van der Waals surface area contributed by atoms with E-state index in [1.807, 2.05) is 12.1 Å². The van der Waals surface area contributed by atoms with Crippen LogP contribution in [0.4, 0.5) is 0 Å². The van der Waals surface area contributed by atoms with Crippen LogP contribution in [0.5, 0.6) is 0 Å². The van der Waals surface area contributed by atoms with E-state index in [9.17, 15) is 4.79 Å². The van der Waals surface area contributed by atoms with Gasteiger partial charge in [-0.1, -0.05) is 18.3 Å². The first kappa shape index (κ1) is 12.2. The van der Waals surface area contributed by atoms with Crippen LogP contribution in [-0.4, -0.2) is 19.0 Å². The molecule has 3 nitrogen and oxygen atoms in total. The summed E-state index contributed by atoms with van der Waals surface area (Å²) in [6.07, 6.45) is 3.80. The molecule has 0 unspecified atom stereocenters. The highest BCUT2D eigenvalue weighted by molar-refractivity contribution is 7.14. The summed E-state index contributed by atoms with van der Waals surface area (Å²) in [7, 11) is 0. The van der Waals surface area contributed by atoms with Gasteiger partial charge in [0.15, 0.2) is 0 Å². The van der Waals surface area contributed by atoms with E-state index >= 15 is 0 Å². The molecule has 0 aromatic carbocycles. The van der Waals surface area contributed by atoms with Gasteiger partial charge in [0.05, 0.1) is 16.3 Å². The fraction of sp³-hybridized carbons (Fsp3) is 0.462. The molecule has 3 N–H and O–H groups in total. The average Bonchev–Trinajstić information content (AvgIpc) is 2.72. The van der Waals surface area contributed by atoms with Gasteiger partial charge in [-0.3, -0.25) is 4.79 Å². The molecule has 4 heteroatoms. The molecule has 90 valence electrons. The third-order valence-corrected chi connectivity index (χ3v) is 3.92. The van der Waals surface area contributed by atoms with Crippen LogP contribution >= 0.6 is 11.3 Å². The van der Waals surface area contributed by atoms with Crippen molar-refractivity contribution >= 4 is 17.2 Å². The number of nitrogens with two attached hydrogens (primary N) is 1. The normalized spacial score (nSPS) is 14.6. The standard InChI is InChI=1S/C13H16N2OS/c14-8-2-5-11-6-7-12(17-11)13(16)15-9-10-3-1-4-10/h6-7,10H,1,3-4,8-9,14H2,(H,15,16). The number of amides is 1. The zero-order valence-corrected chi connectivity index (χ0v) is 10.5. The molecular weight excluding hydrogens is 232 g/mol. The maximum absolute atomic E-state index is 11.8. The quantitative estimate of drug-likeness (QED) is 0.798. The van der Waals surface area contributed by atoms with Gasteiger partial charge in [0.25, 0.3) is 5.91 Å². The van der Waals surface area contributed by atoms with Gasteiger partial charge in [-0.05, 0) is 30.9 Å². The zero-order valence-electron chi connectivity index (χ0n) is 9.66. The third kappa shape index (κ3) is 3.32. The Morgan fingerprint density at radius 1 is 1.53 bits per heavy atom. The van der Waals surface area contributed by atoms with Crippen LogP contribution in [-0.2, 0) is 0 Å². The zero-order chi connectivity index (χ0) is 12.1. The minimum atomic E-state index is 0.0164. The van der Waals surface area contributed by atoms with E-state index in [0.29, 0.717) is 12.5 Å². The van der Waals surface area contributed by atoms with Crippen LogP contribution in [0.15, 0.2) is 12.1 Å². The van der Waals surface area contributed by atoms with Crippen molar-refractivity contribution in [2.75, 3.05) is 13.1 Å². The summed E-state index contributed by atoms with van der Waals surface area (Å²) in [5.74, 6) is 6.42. The predicted molar refractivity (Wildman–Crippen MR) is 69.9 cm³/mol. The van der Waals surface area contributed by atoms with E-state index in [1.165, 1.54) is 30.6 Å². The third-order valence-electron chi connectivity index (χ3n) is 2.92. The summed E-state index contributed by atoms with van der Waals surface area (Å²) in [6.45, 7) is 1.15. The molecule has 1 aromatic rings. The van der Waals surface area contributed by atoms with Crippen molar-refractivity contribution in [2.24, 2.45) is 11.7 Å². The molecule has 1 heterocycles. The molecule has 1 saturated carbocycles. The van der Waals surface area contributed by atoms with E-state index < -0.39 is 0 Å². The van der Waals surface area contributed by atoms with Crippen molar-refractivity contribution in [3.8, 4) is 11.8 Å². The van der Waals surface area contributed by atoms with Gasteiger partial charge in [-0.25, -0.2) is 0 Å². The molecule has 0 spiro atoms. The second-order valence-electron chi connectivity index (χ2n) is 4.18. The summed E-state index contributed by atoms with van der Waals surface area (Å²) in [4.78, 5) is 13.4. The highest BCUT2D eigenvalue weighted by Gasteiger charge is 2.18. The number of hydrogen-bond acceptors (Lipinski definition) is 3. The molecule has 0 bridgehead atoms. The Kier molecular flexibility index (Phi) is 4.18. The van der Waals surface area contributed by atoms with E-state index in [2.05, 4.69) is 17.2 Å². The highest BCUT2D eigenvalue weighted by Crippen LogP contribution is 2.25. The van der Waals surface area contributed by atoms with Crippen molar-refractivity contribution in [3.63, 3.8) is 0 Å². The van der Waals surface area contributed by atoms with E-state index in [-0.39, 0.29) is 5.91 Å². The highest BCUT2D eigenvalue weighted by atomic mass is 32.1. The van der Waals surface area contributed by atoms with Crippen molar-refractivity contribution in [2.45, 2.75) is 19.3 Å². The average molecular weight is 248 g/mol. The largest absolute Gasteiger partial charge is 0.351 e. The first-order valence-corrected chi connectivity index (χ1v) is 6.68. The number of thiophene rings is 1. The predicted octanol–water partition coefficient (Wildman–Crippen LogP) is 1.59. The molecule has 2 rings (SSSR count). The molecule has 1 amide bonds.